The summed E-state index contributed by atoms with van der Waals surface area (Å²) >= 11 is 1.21. The minimum atomic E-state index is -0.927. The Morgan fingerprint density at radius 1 is 1.26 bits per heavy atom. The van der Waals surface area contributed by atoms with Gasteiger partial charge in [0, 0.05) is 38.0 Å². The average molecular weight is 447 g/mol. The lowest BCUT2D eigenvalue weighted by molar-refractivity contribution is 0.103. The molecule has 1 saturated carbocycles. The molecule has 0 unspecified atom stereocenters. The fourth-order valence-corrected chi connectivity index (χ4v) is 3.92. The molecule has 0 amide bonds. The lowest BCUT2D eigenvalue weighted by atomic mass is 10.0. The molecule has 1 aliphatic rings. The minimum Gasteiger partial charge on any atom is -0.369 e. The Kier molecular flexibility index (Phi) is 6.38. The number of nitrogens with zero attached hydrogens (tertiary/aromatic N) is 3. The van der Waals surface area contributed by atoms with Gasteiger partial charge in [-0.25, -0.2) is 23.1 Å². The van der Waals surface area contributed by atoms with Gasteiger partial charge in [0.25, 0.3) is 0 Å². The SMILES string of the molecule is CCN(CC)SNc1ccc(F)c(C(=O)c2c[nH]c3ncnc(NCC4CC4)c23)c1F. The molecule has 3 N–H and O–H groups in total. The van der Waals surface area contributed by atoms with Gasteiger partial charge in [-0.15, -0.1) is 0 Å². The fourth-order valence-electron chi connectivity index (χ4n) is 3.28. The number of carbonyl (C=O) groups excluding carboxylic acids is 1. The van der Waals surface area contributed by atoms with E-state index in [-0.39, 0.29) is 11.3 Å². The third-order valence-electron chi connectivity index (χ3n) is 5.28. The van der Waals surface area contributed by atoms with E-state index < -0.39 is 23.0 Å². The topological polar surface area (TPSA) is 85.9 Å². The number of H-pyrrole nitrogens is 1. The first-order valence-electron chi connectivity index (χ1n) is 10.3. The van der Waals surface area contributed by atoms with Crippen LogP contribution in [-0.4, -0.2) is 44.7 Å². The number of nitrogens with one attached hydrogen (secondary N) is 3. The van der Waals surface area contributed by atoms with Gasteiger partial charge >= 0.3 is 0 Å². The molecule has 7 nitrogen and oxygen atoms in total. The normalized spacial score (nSPS) is 13.7. The molecule has 2 aromatic heterocycles. The van der Waals surface area contributed by atoms with Gasteiger partial charge in [-0.05, 0) is 30.9 Å². The number of rotatable bonds is 10. The molecule has 0 radical (unpaired) electrons. The summed E-state index contributed by atoms with van der Waals surface area (Å²) in [7, 11) is 0. The first kappa shape index (κ1) is 21.5. The number of halogens is 2. The standard InChI is InChI=1S/C21H24F2N6OS/c1-3-29(4-2)31-28-15-8-7-14(22)17(18(15)23)19(30)13-10-25-21-16(13)20(26-11-27-21)24-9-12-5-6-12/h7-8,10-12,28H,3-6,9H2,1-2H3,(H2,24,25,26,27). The zero-order chi connectivity index (χ0) is 22.0. The minimum absolute atomic E-state index is 0.0461. The van der Waals surface area contributed by atoms with Gasteiger partial charge in [0.15, 0.2) is 5.82 Å². The molecule has 1 fully saturated rings. The number of carbonyl (C=O) groups is 1. The zero-order valence-corrected chi connectivity index (χ0v) is 18.2. The number of fused-ring (bicyclic) bond motifs is 1. The van der Waals surface area contributed by atoms with Gasteiger partial charge in [0.2, 0.25) is 5.78 Å². The maximum absolute atomic E-state index is 15.2. The fraction of sp³-hybridized carbons (Fsp3) is 0.381. The van der Waals surface area contributed by atoms with Crippen LogP contribution in [0.1, 0.15) is 42.6 Å². The van der Waals surface area contributed by atoms with E-state index in [9.17, 15) is 9.18 Å². The second-order valence-corrected chi connectivity index (χ2v) is 8.30. The van der Waals surface area contributed by atoms with E-state index in [1.807, 2.05) is 18.2 Å². The summed E-state index contributed by atoms with van der Waals surface area (Å²) in [5.74, 6) is -1.54. The van der Waals surface area contributed by atoms with E-state index in [2.05, 4.69) is 25.0 Å². The van der Waals surface area contributed by atoms with Gasteiger partial charge in [-0.2, -0.15) is 0 Å². The van der Waals surface area contributed by atoms with Crippen LogP contribution in [0.15, 0.2) is 24.7 Å². The zero-order valence-electron chi connectivity index (χ0n) is 17.3. The smallest absolute Gasteiger partial charge is 0.201 e. The van der Waals surface area contributed by atoms with Crippen molar-refractivity contribution in [2.24, 2.45) is 5.92 Å². The van der Waals surface area contributed by atoms with Crippen molar-refractivity contribution in [2.75, 3.05) is 29.7 Å². The van der Waals surface area contributed by atoms with Gasteiger partial charge in [-0.1, -0.05) is 13.8 Å². The lowest BCUT2D eigenvalue weighted by Crippen LogP contribution is -2.17. The number of hydrogen-bond acceptors (Lipinski definition) is 7. The number of aromatic nitrogens is 3. The lowest BCUT2D eigenvalue weighted by Gasteiger charge is -2.18. The second-order valence-electron chi connectivity index (χ2n) is 7.39. The Balaban J connectivity index is 1.67. The largest absolute Gasteiger partial charge is 0.369 e. The van der Waals surface area contributed by atoms with E-state index in [1.54, 1.807) is 0 Å². The van der Waals surface area contributed by atoms with Crippen molar-refractivity contribution >= 4 is 40.5 Å². The highest BCUT2D eigenvalue weighted by Crippen LogP contribution is 2.32. The quantitative estimate of drug-likeness (QED) is 0.310. The number of aromatic amines is 1. The van der Waals surface area contributed by atoms with E-state index >= 15 is 4.39 Å². The predicted octanol–water partition coefficient (Wildman–Crippen LogP) is 4.61. The molecule has 0 spiro atoms. The molecule has 0 atom stereocenters. The first-order chi connectivity index (χ1) is 15.0. The molecule has 3 aromatic rings. The van der Waals surface area contributed by atoms with E-state index in [0.717, 1.165) is 38.5 Å². The number of hydrogen-bond donors (Lipinski definition) is 3. The van der Waals surface area contributed by atoms with Crippen molar-refractivity contribution in [3.8, 4) is 0 Å². The maximum atomic E-state index is 15.2. The van der Waals surface area contributed by atoms with Crippen molar-refractivity contribution in [3.05, 3.63) is 47.4 Å². The Bertz CT molecular complexity index is 1100. The molecule has 31 heavy (non-hydrogen) atoms. The van der Waals surface area contributed by atoms with Crippen LogP contribution in [0.3, 0.4) is 0 Å². The third kappa shape index (κ3) is 4.49. The van der Waals surface area contributed by atoms with Gasteiger partial charge < -0.3 is 15.0 Å². The molecule has 0 saturated heterocycles. The first-order valence-corrected chi connectivity index (χ1v) is 11.1. The maximum Gasteiger partial charge on any atom is 0.201 e. The molecule has 0 aliphatic heterocycles. The van der Waals surface area contributed by atoms with Gasteiger partial charge in [0.05, 0.1) is 22.2 Å². The summed E-state index contributed by atoms with van der Waals surface area (Å²) in [5.41, 5.74) is -0.00283. The molecule has 10 heteroatoms. The summed E-state index contributed by atoms with van der Waals surface area (Å²) in [6, 6.07) is 2.39. The van der Waals surface area contributed by atoms with Crippen molar-refractivity contribution in [3.63, 3.8) is 0 Å². The van der Waals surface area contributed by atoms with E-state index in [4.69, 9.17) is 0 Å². The van der Waals surface area contributed by atoms with E-state index in [0.29, 0.717) is 22.8 Å². The van der Waals surface area contributed by atoms with Crippen molar-refractivity contribution in [2.45, 2.75) is 26.7 Å². The summed E-state index contributed by atoms with van der Waals surface area (Å²) in [6.45, 7) is 6.17. The molecule has 164 valence electrons. The van der Waals surface area contributed by atoms with Crippen LogP contribution >= 0.6 is 12.1 Å². The van der Waals surface area contributed by atoms with Crippen LogP contribution in [0.2, 0.25) is 0 Å². The van der Waals surface area contributed by atoms with E-state index in [1.165, 1.54) is 30.7 Å². The second kappa shape index (κ2) is 9.19. The molecular formula is C21H24F2N6OS. The highest BCUT2D eigenvalue weighted by Gasteiger charge is 2.27. The summed E-state index contributed by atoms with van der Waals surface area (Å²) in [4.78, 5) is 24.5. The Morgan fingerprint density at radius 3 is 2.74 bits per heavy atom. The number of benzene rings is 1. The number of anilines is 2. The Morgan fingerprint density at radius 2 is 2.03 bits per heavy atom. The van der Waals surface area contributed by atoms with Crippen LogP contribution in [0.4, 0.5) is 20.3 Å². The highest BCUT2D eigenvalue weighted by molar-refractivity contribution is 7.98. The van der Waals surface area contributed by atoms with Crippen LogP contribution in [-0.2, 0) is 0 Å². The summed E-state index contributed by atoms with van der Waals surface area (Å²) in [6.07, 6.45) is 5.12. The average Bonchev–Trinajstić information content (AvgIpc) is 3.50. The molecule has 2 heterocycles. The Labute approximate surface area is 183 Å². The molecule has 1 aromatic carbocycles. The van der Waals surface area contributed by atoms with Gasteiger partial charge in [0.1, 0.15) is 23.6 Å². The summed E-state index contributed by atoms with van der Waals surface area (Å²) < 4.78 is 34.6. The molecule has 1 aliphatic carbocycles. The van der Waals surface area contributed by atoms with Gasteiger partial charge in [-0.3, -0.25) is 4.79 Å². The number of ketones is 1. The predicted molar refractivity (Wildman–Crippen MR) is 119 cm³/mol. The third-order valence-corrected chi connectivity index (χ3v) is 6.36. The molecule has 0 bridgehead atoms. The molecule has 4 rings (SSSR count). The van der Waals surface area contributed by atoms with Crippen LogP contribution < -0.4 is 10.0 Å². The van der Waals surface area contributed by atoms with Crippen molar-refractivity contribution in [1.29, 1.82) is 0 Å². The van der Waals surface area contributed by atoms with Crippen molar-refractivity contribution < 1.29 is 13.6 Å². The van der Waals surface area contributed by atoms with Crippen molar-refractivity contribution in [1.82, 2.24) is 19.3 Å². The Hall–Kier alpha value is -2.72. The van der Waals surface area contributed by atoms with Crippen LogP contribution in [0, 0.1) is 17.6 Å². The highest BCUT2D eigenvalue weighted by atomic mass is 32.2. The van der Waals surface area contributed by atoms with Crippen LogP contribution in [0.25, 0.3) is 11.0 Å². The van der Waals surface area contributed by atoms with Crippen LogP contribution in [0.5, 0.6) is 0 Å². The molecular weight excluding hydrogens is 422 g/mol. The monoisotopic (exact) mass is 446 g/mol. The summed E-state index contributed by atoms with van der Waals surface area (Å²) in [5, 5.41) is 3.67.